The van der Waals surface area contributed by atoms with Crippen LogP contribution in [0.25, 0.3) is 0 Å². The van der Waals surface area contributed by atoms with E-state index in [1.165, 1.54) is 0 Å². The summed E-state index contributed by atoms with van der Waals surface area (Å²) >= 11 is 0. The summed E-state index contributed by atoms with van der Waals surface area (Å²) in [5, 5.41) is 8.85. The van der Waals surface area contributed by atoms with Crippen LogP contribution in [0.3, 0.4) is 0 Å². The van der Waals surface area contributed by atoms with Crippen LogP contribution >= 0.6 is 0 Å². The maximum absolute atomic E-state index is 12.1. The van der Waals surface area contributed by atoms with Crippen LogP contribution in [0.15, 0.2) is 18.2 Å². The Balaban J connectivity index is 1.89. The topological polar surface area (TPSA) is 53.3 Å². The van der Waals surface area contributed by atoms with E-state index in [0.717, 1.165) is 29.7 Å². The molecule has 20 heavy (non-hydrogen) atoms. The zero-order valence-electron chi connectivity index (χ0n) is 12.1. The molecule has 2 rings (SSSR count). The fraction of sp³-hybridized carbons (Fsp3) is 0.500. The third kappa shape index (κ3) is 3.30. The number of rotatable bonds is 3. The van der Waals surface area contributed by atoms with Crippen molar-refractivity contribution < 1.29 is 9.53 Å². The van der Waals surface area contributed by atoms with Crippen molar-refractivity contribution in [1.82, 2.24) is 4.90 Å². The molecule has 1 aromatic carbocycles. The van der Waals surface area contributed by atoms with Gasteiger partial charge in [-0.15, -0.1) is 0 Å². The lowest BCUT2D eigenvalue weighted by atomic mass is 9.99. The maximum atomic E-state index is 12.1. The molecule has 106 valence electrons. The number of piperidine rings is 1. The van der Waals surface area contributed by atoms with Crippen molar-refractivity contribution in [2.75, 3.05) is 19.7 Å². The van der Waals surface area contributed by atoms with Crippen LogP contribution in [0, 0.1) is 31.1 Å². The normalized spacial score (nSPS) is 15.8. The van der Waals surface area contributed by atoms with Crippen molar-refractivity contribution >= 4 is 5.91 Å². The molecule has 0 radical (unpaired) electrons. The molecular formula is C16H20N2O2. The van der Waals surface area contributed by atoms with Crippen molar-refractivity contribution in [1.29, 1.82) is 5.26 Å². The van der Waals surface area contributed by atoms with Crippen LogP contribution in [-0.4, -0.2) is 30.5 Å². The van der Waals surface area contributed by atoms with Crippen LogP contribution in [0.5, 0.6) is 5.75 Å². The SMILES string of the molecule is Cc1cccc(C)c1OCC(=O)N1CCC(C#N)CC1. The van der Waals surface area contributed by atoms with Crippen LogP contribution in [0.2, 0.25) is 0 Å². The highest BCUT2D eigenvalue weighted by molar-refractivity contribution is 5.78. The van der Waals surface area contributed by atoms with E-state index < -0.39 is 0 Å². The lowest BCUT2D eigenvalue weighted by Gasteiger charge is -2.29. The van der Waals surface area contributed by atoms with Gasteiger partial charge in [0.15, 0.2) is 6.61 Å². The van der Waals surface area contributed by atoms with E-state index in [4.69, 9.17) is 10.00 Å². The molecule has 0 spiro atoms. The van der Waals surface area contributed by atoms with Crippen molar-refractivity contribution in [2.45, 2.75) is 26.7 Å². The summed E-state index contributed by atoms with van der Waals surface area (Å²) in [7, 11) is 0. The van der Waals surface area contributed by atoms with Crippen molar-refractivity contribution in [2.24, 2.45) is 5.92 Å². The first-order chi connectivity index (χ1) is 9.61. The van der Waals surface area contributed by atoms with Gasteiger partial charge in [0.05, 0.1) is 6.07 Å². The van der Waals surface area contributed by atoms with E-state index in [1.807, 2.05) is 32.0 Å². The number of nitriles is 1. The molecule has 1 fully saturated rings. The molecule has 1 aromatic rings. The third-order valence-corrected chi connectivity index (χ3v) is 3.78. The molecule has 0 aromatic heterocycles. The molecule has 4 heteroatoms. The second-order valence-electron chi connectivity index (χ2n) is 5.29. The second kappa shape index (κ2) is 6.42. The number of ether oxygens (including phenoxy) is 1. The number of hydrogen-bond acceptors (Lipinski definition) is 3. The molecule has 0 N–H and O–H groups in total. The summed E-state index contributed by atoms with van der Waals surface area (Å²) in [4.78, 5) is 13.9. The lowest BCUT2D eigenvalue weighted by Crippen LogP contribution is -2.40. The molecule has 0 atom stereocenters. The standard InChI is InChI=1S/C16H20N2O2/c1-12-4-3-5-13(2)16(12)20-11-15(19)18-8-6-14(10-17)7-9-18/h3-5,14H,6-9,11H2,1-2H3. The maximum Gasteiger partial charge on any atom is 0.260 e. The minimum atomic E-state index is 0.00374. The van der Waals surface area contributed by atoms with Gasteiger partial charge in [-0.1, -0.05) is 18.2 Å². The van der Waals surface area contributed by atoms with Gasteiger partial charge in [-0.05, 0) is 37.8 Å². The summed E-state index contributed by atoms with van der Waals surface area (Å²) in [6.07, 6.45) is 1.54. The molecule has 0 aliphatic carbocycles. The Kier molecular flexibility index (Phi) is 4.62. The monoisotopic (exact) mass is 272 g/mol. The third-order valence-electron chi connectivity index (χ3n) is 3.78. The Bertz CT molecular complexity index is 506. The van der Waals surface area contributed by atoms with E-state index in [-0.39, 0.29) is 18.4 Å². The smallest absolute Gasteiger partial charge is 0.260 e. The minimum Gasteiger partial charge on any atom is -0.483 e. The summed E-state index contributed by atoms with van der Waals surface area (Å²) < 4.78 is 5.68. The van der Waals surface area contributed by atoms with Crippen molar-refractivity contribution in [3.63, 3.8) is 0 Å². The number of carbonyl (C=O) groups excluding carboxylic acids is 1. The number of likely N-dealkylation sites (tertiary alicyclic amines) is 1. The van der Waals surface area contributed by atoms with Gasteiger partial charge in [0.2, 0.25) is 0 Å². The van der Waals surface area contributed by atoms with Crippen LogP contribution in [-0.2, 0) is 4.79 Å². The Morgan fingerprint density at radius 2 is 1.95 bits per heavy atom. The quantitative estimate of drug-likeness (QED) is 0.849. The fourth-order valence-corrected chi connectivity index (χ4v) is 2.51. The second-order valence-corrected chi connectivity index (χ2v) is 5.29. The van der Waals surface area contributed by atoms with Gasteiger partial charge >= 0.3 is 0 Å². The van der Waals surface area contributed by atoms with E-state index in [0.29, 0.717) is 13.1 Å². The Hall–Kier alpha value is -2.02. The van der Waals surface area contributed by atoms with E-state index in [1.54, 1.807) is 4.90 Å². The first-order valence-electron chi connectivity index (χ1n) is 6.98. The van der Waals surface area contributed by atoms with E-state index in [9.17, 15) is 4.79 Å². The van der Waals surface area contributed by atoms with E-state index in [2.05, 4.69) is 6.07 Å². The molecule has 1 amide bonds. The Morgan fingerprint density at radius 1 is 1.35 bits per heavy atom. The Labute approximate surface area is 120 Å². The molecule has 1 aliphatic heterocycles. The average molecular weight is 272 g/mol. The number of benzene rings is 1. The van der Waals surface area contributed by atoms with Gasteiger partial charge in [0.25, 0.3) is 5.91 Å². The Morgan fingerprint density at radius 3 is 2.50 bits per heavy atom. The predicted molar refractivity (Wildman–Crippen MR) is 76.3 cm³/mol. The average Bonchev–Trinajstić information content (AvgIpc) is 2.46. The minimum absolute atomic E-state index is 0.00374. The molecule has 1 aliphatic rings. The van der Waals surface area contributed by atoms with Gasteiger partial charge in [-0.3, -0.25) is 4.79 Å². The fourth-order valence-electron chi connectivity index (χ4n) is 2.51. The number of amides is 1. The number of hydrogen-bond donors (Lipinski definition) is 0. The summed E-state index contributed by atoms with van der Waals surface area (Å²) in [5.41, 5.74) is 2.09. The first-order valence-corrected chi connectivity index (χ1v) is 6.98. The highest BCUT2D eigenvalue weighted by atomic mass is 16.5. The molecule has 0 unspecified atom stereocenters. The highest BCUT2D eigenvalue weighted by Crippen LogP contribution is 2.22. The van der Waals surface area contributed by atoms with Crippen molar-refractivity contribution in [3.05, 3.63) is 29.3 Å². The molecule has 0 saturated carbocycles. The first kappa shape index (κ1) is 14.4. The van der Waals surface area contributed by atoms with Gasteiger partial charge in [0.1, 0.15) is 5.75 Å². The zero-order chi connectivity index (χ0) is 14.5. The van der Waals surface area contributed by atoms with E-state index >= 15 is 0 Å². The summed E-state index contributed by atoms with van der Waals surface area (Å²) in [6, 6.07) is 8.20. The number of nitrogens with zero attached hydrogens (tertiary/aromatic N) is 2. The number of carbonyl (C=O) groups is 1. The highest BCUT2D eigenvalue weighted by Gasteiger charge is 2.22. The number of para-hydroxylation sites is 1. The predicted octanol–water partition coefficient (Wildman–Crippen LogP) is 2.44. The van der Waals surface area contributed by atoms with Crippen molar-refractivity contribution in [3.8, 4) is 11.8 Å². The van der Waals surface area contributed by atoms with Gasteiger partial charge in [-0.2, -0.15) is 5.26 Å². The largest absolute Gasteiger partial charge is 0.483 e. The van der Waals surface area contributed by atoms with Crippen LogP contribution in [0.4, 0.5) is 0 Å². The summed E-state index contributed by atoms with van der Waals surface area (Å²) in [5.74, 6) is 0.899. The lowest BCUT2D eigenvalue weighted by molar-refractivity contribution is -0.134. The van der Waals surface area contributed by atoms with Gasteiger partial charge < -0.3 is 9.64 Å². The van der Waals surface area contributed by atoms with Crippen LogP contribution < -0.4 is 4.74 Å². The zero-order valence-corrected chi connectivity index (χ0v) is 12.1. The molecular weight excluding hydrogens is 252 g/mol. The van der Waals surface area contributed by atoms with Gasteiger partial charge in [-0.25, -0.2) is 0 Å². The van der Waals surface area contributed by atoms with Gasteiger partial charge in [0, 0.05) is 19.0 Å². The molecule has 4 nitrogen and oxygen atoms in total. The summed E-state index contributed by atoms with van der Waals surface area (Å²) in [6.45, 7) is 5.35. The molecule has 1 saturated heterocycles. The molecule has 1 heterocycles. The number of aryl methyl sites for hydroxylation is 2. The molecule has 0 bridgehead atoms. The van der Waals surface area contributed by atoms with Crippen LogP contribution in [0.1, 0.15) is 24.0 Å².